The molecule has 0 bridgehead atoms. The summed E-state index contributed by atoms with van der Waals surface area (Å²) < 4.78 is 0. The van der Waals surface area contributed by atoms with Crippen molar-refractivity contribution in [1.82, 2.24) is 10.6 Å². The first-order valence-corrected chi connectivity index (χ1v) is 4.13. The molecule has 1 atom stereocenters. The van der Waals surface area contributed by atoms with E-state index in [0.717, 1.165) is 19.4 Å². The predicted molar refractivity (Wildman–Crippen MR) is 47.3 cm³/mol. The van der Waals surface area contributed by atoms with Crippen LogP contribution in [0, 0.1) is 23.7 Å². The normalized spacial score (nSPS) is 28.8. The van der Waals surface area contributed by atoms with Gasteiger partial charge < -0.3 is 5.32 Å². The van der Waals surface area contributed by atoms with Crippen LogP contribution in [0.2, 0.25) is 0 Å². The summed E-state index contributed by atoms with van der Waals surface area (Å²) in [5, 5.41) is 15.2. The topological polar surface area (TPSA) is 47.9 Å². The summed E-state index contributed by atoms with van der Waals surface area (Å²) in [7, 11) is 0. The Morgan fingerprint density at radius 2 is 2.50 bits per heavy atom. The fraction of sp³-hybridized carbons (Fsp3) is 0.667. The summed E-state index contributed by atoms with van der Waals surface area (Å²) in [5.74, 6) is 2.48. The lowest BCUT2D eigenvalue weighted by Gasteiger charge is -2.31. The number of rotatable bonds is 2. The van der Waals surface area contributed by atoms with Gasteiger partial charge in [0.05, 0.1) is 12.6 Å². The van der Waals surface area contributed by atoms with Crippen LogP contribution in [-0.2, 0) is 0 Å². The van der Waals surface area contributed by atoms with Crippen molar-refractivity contribution in [3.8, 4) is 18.4 Å². The number of hydrogen-bond donors (Lipinski definition) is 2. The first-order chi connectivity index (χ1) is 5.83. The van der Waals surface area contributed by atoms with Crippen LogP contribution in [0.25, 0.3) is 0 Å². The van der Waals surface area contributed by atoms with Crippen LogP contribution in [0.3, 0.4) is 0 Å². The maximum absolute atomic E-state index is 8.95. The predicted octanol–water partition coefficient (Wildman–Crippen LogP) is -0.145. The first kappa shape index (κ1) is 9.06. The molecule has 0 aromatic carbocycles. The zero-order valence-corrected chi connectivity index (χ0v) is 7.06. The summed E-state index contributed by atoms with van der Waals surface area (Å²) in [6, 6.07) is 2.28. The SMILES string of the molecule is C#CCNC1(C#N)CCCNC1. The molecule has 1 saturated heterocycles. The van der Waals surface area contributed by atoms with Crippen molar-refractivity contribution in [2.75, 3.05) is 19.6 Å². The zero-order valence-electron chi connectivity index (χ0n) is 7.06. The molecule has 3 nitrogen and oxygen atoms in total. The second-order valence-electron chi connectivity index (χ2n) is 3.03. The van der Waals surface area contributed by atoms with Gasteiger partial charge in [-0.25, -0.2) is 0 Å². The lowest BCUT2D eigenvalue weighted by Crippen LogP contribution is -2.54. The van der Waals surface area contributed by atoms with E-state index in [1.165, 1.54) is 0 Å². The molecule has 0 aliphatic carbocycles. The van der Waals surface area contributed by atoms with Crippen LogP contribution in [0.4, 0.5) is 0 Å². The number of hydrogen-bond acceptors (Lipinski definition) is 3. The van der Waals surface area contributed by atoms with Gasteiger partial charge in [-0.1, -0.05) is 5.92 Å². The van der Waals surface area contributed by atoms with E-state index in [1.807, 2.05) is 0 Å². The molecule has 64 valence electrons. The maximum atomic E-state index is 8.95. The fourth-order valence-corrected chi connectivity index (χ4v) is 1.41. The third-order valence-corrected chi connectivity index (χ3v) is 2.13. The molecule has 0 aromatic heterocycles. The minimum absolute atomic E-state index is 0.426. The summed E-state index contributed by atoms with van der Waals surface area (Å²) in [6.07, 6.45) is 7.04. The number of nitriles is 1. The van der Waals surface area contributed by atoms with Gasteiger partial charge in [0.25, 0.3) is 0 Å². The lowest BCUT2D eigenvalue weighted by molar-refractivity contribution is 0.327. The second kappa shape index (κ2) is 4.11. The minimum atomic E-state index is -0.426. The molecule has 1 aliphatic rings. The van der Waals surface area contributed by atoms with Crippen LogP contribution in [0.5, 0.6) is 0 Å². The summed E-state index contributed by atoms with van der Waals surface area (Å²) in [5.41, 5.74) is -0.426. The Balaban J connectivity index is 2.51. The van der Waals surface area contributed by atoms with Gasteiger partial charge in [0.2, 0.25) is 0 Å². The monoisotopic (exact) mass is 163 g/mol. The molecule has 1 rings (SSSR count). The molecular formula is C9H13N3. The Bertz CT molecular complexity index is 215. The summed E-state index contributed by atoms with van der Waals surface area (Å²) in [4.78, 5) is 0. The van der Waals surface area contributed by atoms with Crippen molar-refractivity contribution in [1.29, 1.82) is 5.26 Å². The quantitative estimate of drug-likeness (QED) is 0.557. The van der Waals surface area contributed by atoms with Gasteiger partial charge in [0.15, 0.2) is 0 Å². The van der Waals surface area contributed by atoms with E-state index in [-0.39, 0.29) is 0 Å². The van der Waals surface area contributed by atoms with Crippen molar-refractivity contribution in [2.45, 2.75) is 18.4 Å². The number of terminal acetylenes is 1. The van der Waals surface area contributed by atoms with E-state index >= 15 is 0 Å². The van der Waals surface area contributed by atoms with Crippen LogP contribution in [0.15, 0.2) is 0 Å². The molecule has 1 fully saturated rings. The largest absolute Gasteiger partial charge is 0.314 e. The maximum Gasteiger partial charge on any atom is 0.120 e. The molecule has 3 heteroatoms. The highest BCUT2D eigenvalue weighted by molar-refractivity contribution is 5.11. The lowest BCUT2D eigenvalue weighted by atomic mass is 9.92. The third-order valence-electron chi connectivity index (χ3n) is 2.13. The minimum Gasteiger partial charge on any atom is -0.314 e. The van der Waals surface area contributed by atoms with E-state index in [1.54, 1.807) is 0 Å². The van der Waals surface area contributed by atoms with Gasteiger partial charge in [-0.2, -0.15) is 5.26 Å². The van der Waals surface area contributed by atoms with Gasteiger partial charge in [-0.05, 0) is 19.4 Å². The van der Waals surface area contributed by atoms with Gasteiger partial charge >= 0.3 is 0 Å². The van der Waals surface area contributed by atoms with Gasteiger partial charge in [-0.3, -0.25) is 5.32 Å². The number of piperidine rings is 1. The second-order valence-corrected chi connectivity index (χ2v) is 3.03. The molecule has 1 heterocycles. The van der Waals surface area contributed by atoms with E-state index in [2.05, 4.69) is 22.6 Å². The van der Waals surface area contributed by atoms with E-state index < -0.39 is 5.54 Å². The van der Waals surface area contributed by atoms with Gasteiger partial charge in [0.1, 0.15) is 5.54 Å². The highest BCUT2D eigenvalue weighted by atomic mass is 15.0. The van der Waals surface area contributed by atoms with E-state index in [0.29, 0.717) is 13.1 Å². The van der Waals surface area contributed by atoms with Crippen LogP contribution < -0.4 is 10.6 Å². The third kappa shape index (κ3) is 1.98. The smallest absolute Gasteiger partial charge is 0.120 e. The molecule has 12 heavy (non-hydrogen) atoms. The van der Waals surface area contributed by atoms with Crippen LogP contribution in [0.1, 0.15) is 12.8 Å². The highest BCUT2D eigenvalue weighted by Gasteiger charge is 2.30. The average Bonchev–Trinajstić information content (AvgIpc) is 2.16. The molecular weight excluding hydrogens is 150 g/mol. The molecule has 0 amide bonds. The van der Waals surface area contributed by atoms with Crippen LogP contribution >= 0.6 is 0 Å². The number of nitrogens with one attached hydrogen (secondary N) is 2. The van der Waals surface area contributed by atoms with Gasteiger partial charge in [0, 0.05) is 6.54 Å². The van der Waals surface area contributed by atoms with Crippen molar-refractivity contribution in [3.05, 3.63) is 0 Å². The Labute approximate surface area is 73.1 Å². The highest BCUT2D eigenvalue weighted by Crippen LogP contribution is 2.14. The van der Waals surface area contributed by atoms with E-state index in [4.69, 9.17) is 11.7 Å². The van der Waals surface area contributed by atoms with Crippen molar-refractivity contribution >= 4 is 0 Å². The molecule has 0 saturated carbocycles. The number of nitrogens with zero attached hydrogens (tertiary/aromatic N) is 1. The molecule has 1 aliphatic heterocycles. The Hall–Kier alpha value is -1.03. The molecule has 0 spiro atoms. The Kier molecular flexibility index (Phi) is 3.10. The van der Waals surface area contributed by atoms with Crippen molar-refractivity contribution in [3.63, 3.8) is 0 Å². The standard InChI is InChI=1S/C9H13N3/c1-2-5-12-9(7-10)4-3-6-11-8-9/h1,11-12H,3-6,8H2. The molecule has 2 N–H and O–H groups in total. The molecule has 1 unspecified atom stereocenters. The fourth-order valence-electron chi connectivity index (χ4n) is 1.41. The van der Waals surface area contributed by atoms with Crippen molar-refractivity contribution in [2.24, 2.45) is 0 Å². The van der Waals surface area contributed by atoms with Crippen molar-refractivity contribution < 1.29 is 0 Å². The Morgan fingerprint density at radius 3 is 3.00 bits per heavy atom. The first-order valence-electron chi connectivity index (χ1n) is 4.13. The average molecular weight is 163 g/mol. The molecule has 0 radical (unpaired) electrons. The van der Waals surface area contributed by atoms with Gasteiger partial charge in [-0.15, -0.1) is 6.42 Å². The van der Waals surface area contributed by atoms with Crippen LogP contribution in [-0.4, -0.2) is 25.2 Å². The summed E-state index contributed by atoms with van der Waals surface area (Å²) >= 11 is 0. The Morgan fingerprint density at radius 1 is 1.67 bits per heavy atom. The van der Waals surface area contributed by atoms with E-state index in [9.17, 15) is 0 Å². The zero-order chi connectivity index (χ0) is 8.86. The molecule has 0 aromatic rings. The summed E-state index contributed by atoms with van der Waals surface area (Å²) in [6.45, 7) is 2.17.